The van der Waals surface area contributed by atoms with E-state index in [2.05, 4.69) is 5.43 Å². The van der Waals surface area contributed by atoms with Crippen molar-refractivity contribution in [3.63, 3.8) is 0 Å². The molecule has 0 spiro atoms. The van der Waals surface area contributed by atoms with E-state index in [0.717, 1.165) is 31.7 Å². The van der Waals surface area contributed by atoms with Gasteiger partial charge in [-0.15, -0.1) is 0 Å². The molecular formula is C12H15F3N2. The lowest BCUT2D eigenvalue weighted by Gasteiger charge is -2.23. The fraction of sp³-hybridized carbons (Fsp3) is 0.500. The third kappa shape index (κ3) is 2.30. The van der Waals surface area contributed by atoms with Gasteiger partial charge in [-0.3, -0.25) is 11.3 Å². The molecule has 0 amide bonds. The van der Waals surface area contributed by atoms with Crippen LogP contribution in [0.15, 0.2) is 12.1 Å². The van der Waals surface area contributed by atoms with Gasteiger partial charge in [-0.25, -0.2) is 13.2 Å². The minimum Gasteiger partial charge on any atom is -0.271 e. The Labute approximate surface area is 98.0 Å². The average molecular weight is 244 g/mol. The van der Waals surface area contributed by atoms with Gasteiger partial charge in [0.05, 0.1) is 6.04 Å². The highest BCUT2D eigenvalue weighted by atomic mass is 19.2. The summed E-state index contributed by atoms with van der Waals surface area (Å²) >= 11 is 0. The van der Waals surface area contributed by atoms with Crippen molar-refractivity contribution in [3.8, 4) is 0 Å². The van der Waals surface area contributed by atoms with Crippen LogP contribution in [-0.2, 0) is 0 Å². The number of rotatable bonds is 3. The van der Waals surface area contributed by atoms with Crippen LogP contribution in [0.25, 0.3) is 0 Å². The summed E-state index contributed by atoms with van der Waals surface area (Å²) in [6.45, 7) is 0. The van der Waals surface area contributed by atoms with Crippen LogP contribution in [0, 0.1) is 23.4 Å². The first-order chi connectivity index (χ1) is 8.15. The summed E-state index contributed by atoms with van der Waals surface area (Å²) in [5.74, 6) is 1.85. The zero-order valence-electron chi connectivity index (χ0n) is 9.35. The Bertz CT molecular complexity index is 403. The molecule has 1 unspecified atom stereocenters. The molecule has 1 atom stereocenters. The van der Waals surface area contributed by atoms with Crippen molar-refractivity contribution in [2.75, 3.05) is 0 Å². The summed E-state index contributed by atoms with van der Waals surface area (Å²) in [5.41, 5.74) is 2.63. The second-order valence-corrected chi connectivity index (χ2v) is 4.45. The van der Waals surface area contributed by atoms with Crippen LogP contribution in [0.5, 0.6) is 0 Å². The number of hydrogen-bond acceptors (Lipinski definition) is 2. The van der Waals surface area contributed by atoms with Gasteiger partial charge < -0.3 is 0 Å². The Kier molecular flexibility index (Phi) is 3.69. The Hall–Kier alpha value is -1.07. The van der Waals surface area contributed by atoms with Crippen LogP contribution in [-0.4, -0.2) is 0 Å². The molecule has 0 saturated heterocycles. The minimum absolute atomic E-state index is 0.110. The first-order valence-electron chi connectivity index (χ1n) is 5.74. The van der Waals surface area contributed by atoms with Gasteiger partial charge in [0.15, 0.2) is 17.5 Å². The fourth-order valence-electron chi connectivity index (χ4n) is 2.55. The first-order valence-corrected chi connectivity index (χ1v) is 5.74. The third-order valence-electron chi connectivity index (χ3n) is 3.45. The summed E-state index contributed by atoms with van der Waals surface area (Å²) in [7, 11) is 0. The van der Waals surface area contributed by atoms with E-state index in [1.54, 1.807) is 0 Å². The molecule has 2 rings (SSSR count). The number of benzene rings is 1. The smallest absolute Gasteiger partial charge is 0.194 e. The van der Waals surface area contributed by atoms with Gasteiger partial charge in [0.2, 0.25) is 0 Å². The van der Waals surface area contributed by atoms with Crippen molar-refractivity contribution >= 4 is 0 Å². The molecule has 94 valence electrons. The van der Waals surface area contributed by atoms with Gasteiger partial charge >= 0.3 is 0 Å². The quantitative estimate of drug-likeness (QED) is 0.487. The van der Waals surface area contributed by atoms with E-state index in [1.165, 1.54) is 6.07 Å². The van der Waals surface area contributed by atoms with Crippen molar-refractivity contribution in [1.82, 2.24) is 5.43 Å². The second-order valence-electron chi connectivity index (χ2n) is 4.45. The van der Waals surface area contributed by atoms with Crippen LogP contribution >= 0.6 is 0 Å². The topological polar surface area (TPSA) is 38.0 Å². The summed E-state index contributed by atoms with van der Waals surface area (Å²) in [4.78, 5) is 0. The molecule has 5 heteroatoms. The molecule has 0 radical (unpaired) electrons. The highest BCUT2D eigenvalue weighted by Crippen LogP contribution is 2.36. The first kappa shape index (κ1) is 12.4. The van der Waals surface area contributed by atoms with E-state index in [9.17, 15) is 13.2 Å². The maximum absolute atomic E-state index is 13.6. The normalized spacial score (nSPS) is 18.6. The Balaban J connectivity index is 2.33. The van der Waals surface area contributed by atoms with Crippen molar-refractivity contribution in [2.24, 2.45) is 11.8 Å². The van der Waals surface area contributed by atoms with Crippen molar-refractivity contribution in [3.05, 3.63) is 35.1 Å². The molecule has 0 bridgehead atoms. The highest BCUT2D eigenvalue weighted by molar-refractivity contribution is 5.24. The van der Waals surface area contributed by atoms with Gasteiger partial charge in [0.25, 0.3) is 0 Å². The van der Waals surface area contributed by atoms with Crippen LogP contribution in [0.3, 0.4) is 0 Å². The van der Waals surface area contributed by atoms with Crippen LogP contribution in [0.1, 0.15) is 37.3 Å². The molecule has 0 aliphatic heterocycles. The standard InChI is InChI=1S/C12H15F3N2/c13-9-6-5-8(10(14)11(9)15)12(17-16)7-3-1-2-4-7/h5-7,12,17H,1-4,16H2. The van der Waals surface area contributed by atoms with Gasteiger partial charge in [-0.2, -0.15) is 0 Å². The lowest BCUT2D eigenvalue weighted by Crippen LogP contribution is -2.33. The van der Waals surface area contributed by atoms with E-state index in [4.69, 9.17) is 5.84 Å². The maximum Gasteiger partial charge on any atom is 0.194 e. The van der Waals surface area contributed by atoms with Gasteiger partial charge in [-0.1, -0.05) is 18.9 Å². The molecule has 1 aliphatic carbocycles. The van der Waals surface area contributed by atoms with Gasteiger partial charge in [0.1, 0.15) is 0 Å². The maximum atomic E-state index is 13.6. The number of halogens is 3. The molecule has 2 nitrogen and oxygen atoms in total. The molecular weight excluding hydrogens is 229 g/mol. The second kappa shape index (κ2) is 5.06. The van der Waals surface area contributed by atoms with E-state index in [0.29, 0.717) is 0 Å². The van der Waals surface area contributed by atoms with Gasteiger partial charge in [-0.05, 0) is 24.8 Å². The number of hydrogen-bond donors (Lipinski definition) is 2. The third-order valence-corrected chi connectivity index (χ3v) is 3.45. The van der Waals surface area contributed by atoms with Crippen molar-refractivity contribution < 1.29 is 13.2 Å². The Morgan fingerprint density at radius 1 is 1.12 bits per heavy atom. The number of nitrogens with two attached hydrogens (primary N) is 1. The van der Waals surface area contributed by atoms with E-state index in [-0.39, 0.29) is 11.5 Å². The predicted molar refractivity (Wildman–Crippen MR) is 58.3 cm³/mol. The largest absolute Gasteiger partial charge is 0.271 e. The summed E-state index contributed by atoms with van der Waals surface area (Å²) < 4.78 is 39.6. The predicted octanol–water partition coefficient (Wildman–Crippen LogP) is 2.80. The minimum atomic E-state index is -1.43. The monoisotopic (exact) mass is 244 g/mol. The van der Waals surface area contributed by atoms with Crippen molar-refractivity contribution in [2.45, 2.75) is 31.7 Å². The molecule has 1 aliphatic rings. The Morgan fingerprint density at radius 3 is 2.35 bits per heavy atom. The summed E-state index contributed by atoms with van der Waals surface area (Å²) in [6.07, 6.45) is 3.98. The summed E-state index contributed by atoms with van der Waals surface area (Å²) in [6, 6.07) is 1.75. The molecule has 3 N–H and O–H groups in total. The van der Waals surface area contributed by atoms with Crippen LogP contribution in [0.2, 0.25) is 0 Å². The lowest BCUT2D eigenvalue weighted by molar-refractivity contribution is 0.351. The highest BCUT2D eigenvalue weighted by Gasteiger charge is 2.29. The molecule has 1 aromatic carbocycles. The fourth-order valence-corrected chi connectivity index (χ4v) is 2.55. The molecule has 1 aromatic rings. The van der Waals surface area contributed by atoms with Crippen molar-refractivity contribution in [1.29, 1.82) is 0 Å². The lowest BCUT2D eigenvalue weighted by atomic mass is 9.91. The zero-order valence-corrected chi connectivity index (χ0v) is 9.35. The number of nitrogens with one attached hydrogen (secondary N) is 1. The van der Waals surface area contributed by atoms with E-state index < -0.39 is 23.5 Å². The molecule has 0 heterocycles. The van der Waals surface area contributed by atoms with Gasteiger partial charge in [0, 0.05) is 5.56 Å². The molecule has 1 fully saturated rings. The Morgan fingerprint density at radius 2 is 1.76 bits per heavy atom. The van der Waals surface area contributed by atoms with E-state index in [1.807, 2.05) is 0 Å². The van der Waals surface area contributed by atoms with E-state index >= 15 is 0 Å². The SMILES string of the molecule is NNC(c1ccc(F)c(F)c1F)C1CCCC1. The van der Waals surface area contributed by atoms with Crippen LogP contribution in [0.4, 0.5) is 13.2 Å². The number of hydrazine groups is 1. The average Bonchev–Trinajstić information content (AvgIpc) is 2.84. The molecule has 0 aromatic heterocycles. The summed E-state index contributed by atoms with van der Waals surface area (Å²) in [5, 5.41) is 0. The molecule has 1 saturated carbocycles. The van der Waals surface area contributed by atoms with Crippen LogP contribution < -0.4 is 11.3 Å². The zero-order chi connectivity index (χ0) is 12.4. The molecule has 17 heavy (non-hydrogen) atoms.